The van der Waals surface area contributed by atoms with E-state index in [2.05, 4.69) is 40.1 Å². The van der Waals surface area contributed by atoms with Crippen LogP contribution in [0.15, 0.2) is 60.7 Å². The fraction of sp³-hybridized carbons (Fsp3) is 0.424. The zero-order valence-corrected chi connectivity index (χ0v) is 23.9. The third-order valence-corrected chi connectivity index (χ3v) is 8.95. The summed E-state index contributed by atoms with van der Waals surface area (Å²) in [6.07, 6.45) is 4.31. The number of amides is 1. The van der Waals surface area contributed by atoms with E-state index < -0.39 is 0 Å². The van der Waals surface area contributed by atoms with Crippen LogP contribution in [0.5, 0.6) is 5.75 Å². The van der Waals surface area contributed by atoms with Crippen LogP contribution in [0.1, 0.15) is 36.2 Å². The molecule has 41 heavy (non-hydrogen) atoms. The van der Waals surface area contributed by atoms with Gasteiger partial charge in [-0.15, -0.1) is 0 Å². The third-order valence-electron chi connectivity index (χ3n) is 8.95. The first-order chi connectivity index (χ1) is 19.9. The largest absolute Gasteiger partial charge is 0.495 e. The molecule has 1 spiro atoms. The van der Waals surface area contributed by atoms with Gasteiger partial charge < -0.3 is 20.3 Å². The van der Waals surface area contributed by atoms with Crippen LogP contribution in [0.4, 0.5) is 5.69 Å². The van der Waals surface area contributed by atoms with Gasteiger partial charge in [0.25, 0.3) is 5.91 Å². The van der Waals surface area contributed by atoms with Crippen molar-refractivity contribution in [2.24, 2.45) is 5.41 Å². The van der Waals surface area contributed by atoms with Crippen LogP contribution in [-0.2, 0) is 0 Å². The van der Waals surface area contributed by atoms with Gasteiger partial charge in [-0.05, 0) is 62.4 Å². The molecule has 0 bridgehead atoms. The number of hydrogen-bond acceptors (Lipinski definition) is 7. The molecule has 3 aliphatic rings. The molecule has 2 aromatic carbocycles. The van der Waals surface area contributed by atoms with Crippen LogP contribution in [-0.4, -0.2) is 79.7 Å². The van der Waals surface area contributed by atoms with Crippen molar-refractivity contribution in [1.29, 1.82) is 5.26 Å². The predicted octanol–water partition coefficient (Wildman–Crippen LogP) is 4.69. The highest BCUT2D eigenvalue weighted by atomic mass is 16.5. The Balaban J connectivity index is 1.12. The molecule has 1 aliphatic carbocycles. The molecule has 1 amide bonds. The maximum Gasteiger partial charge on any atom is 0.270 e. The topological polar surface area (TPSA) is 93.5 Å². The van der Waals surface area contributed by atoms with Crippen molar-refractivity contribution in [3.63, 3.8) is 0 Å². The summed E-state index contributed by atoms with van der Waals surface area (Å²) in [6, 6.07) is 18.5. The second-order valence-electron chi connectivity index (χ2n) is 12.1. The van der Waals surface area contributed by atoms with Gasteiger partial charge in [0.05, 0.1) is 24.6 Å². The van der Waals surface area contributed by atoms with Crippen molar-refractivity contribution in [2.45, 2.75) is 37.8 Å². The number of benzene rings is 2. The zero-order chi connectivity index (χ0) is 28.6. The number of fused-ring (bicyclic) bond motifs is 1. The Kier molecular flexibility index (Phi) is 7.41. The van der Waals surface area contributed by atoms with E-state index in [1.165, 1.54) is 26.2 Å². The van der Waals surface area contributed by atoms with Gasteiger partial charge in [0.1, 0.15) is 11.4 Å². The summed E-state index contributed by atoms with van der Waals surface area (Å²) in [7, 11) is 3.83. The minimum absolute atomic E-state index is 0.115. The number of nitrogens with one attached hydrogen (secondary N) is 2. The summed E-state index contributed by atoms with van der Waals surface area (Å²) in [5.74, 6) is 0.566. The maximum atomic E-state index is 13.2. The molecule has 0 unspecified atom stereocenters. The van der Waals surface area contributed by atoms with Gasteiger partial charge in [-0.3, -0.25) is 9.69 Å². The van der Waals surface area contributed by atoms with Gasteiger partial charge >= 0.3 is 0 Å². The van der Waals surface area contributed by atoms with Crippen LogP contribution in [0.2, 0.25) is 0 Å². The molecule has 2 saturated heterocycles. The fourth-order valence-corrected chi connectivity index (χ4v) is 6.98. The average Bonchev–Trinajstić information content (AvgIpc) is 2.97. The molecule has 8 heteroatoms. The molecule has 1 saturated carbocycles. The first-order valence-corrected chi connectivity index (χ1v) is 14.5. The molecule has 2 N–H and O–H groups in total. The molecule has 6 rings (SSSR count). The number of likely N-dealkylation sites (tertiary alicyclic amines) is 2. The number of nitriles is 1. The van der Waals surface area contributed by atoms with E-state index >= 15 is 0 Å². The number of carbonyl (C=O) groups is 1. The Morgan fingerprint density at radius 1 is 1.12 bits per heavy atom. The molecule has 212 valence electrons. The van der Waals surface area contributed by atoms with Crippen molar-refractivity contribution >= 4 is 22.4 Å². The molecular weight excluding hydrogens is 512 g/mol. The highest BCUT2D eigenvalue weighted by molar-refractivity contribution is 5.99. The van der Waals surface area contributed by atoms with Crippen LogP contribution < -0.4 is 15.4 Å². The summed E-state index contributed by atoms with van der Waals surface area (Å²) in [4.78, 5) is 23.0. The van der Waals surface area contributed by atoms with Crippen molar-refractivity contribution in [3.05, 3.63) is 66.4 Å². The summed E-state index contributed by atoms with van der Waals surface area (Å²) in [5, 5.41) is 17.7. The monoisotopic (exact) mass is 550 g/mol. The van der Waals surface area contributed by atoms with Crippen molar-refractivity contribution in [2.75, 3.05) is 52.2 Å². The molecule has 1 aromatic heterocycles. The molecule has 3 aromatic rings. The van der Waals surface area contributed by atoms with Crippen molar-refractivity contribution in [1.82, 2.24) is 20.1 Å². The number of anilines is 1. The van der Waals surface area contributed by atoms with Crippen LogP contribution in [0, 0.1) is 16.7 Å². The van der Waals surface area contributed by atoms with E-state index in [-0.39, 0.29) is 11.9 Å². The smallest absolute Gasteiger partial charge is 0.270 e. The molecule has 0 atom stereocenters. The van der Waals surface area contributed by atoms with Gasteiger partial charge in [0, 0.05) is 66.7 Å². The van der Waals surface area contributed by atoms with E-state index in [0.717, 1.165) is 53.4 Å². The Morgan fingerprint density at radius 3 is 2.59 bits per heavy atom. The van der Waals surface area contributed by atoms with Crippen LogP contribution >= 0.6 is 0 Å². The average molecular weight is 551 g/mol. The lowest BCUT2D eigenvalue weighted by molar-refractivity contribution is -0.125. The minimum atomic E-state index is -0.115. The molecular formula is C33H38N6O2. The Labute approximate surface area is 242 Å². The maximum absolute atomic E-state index is 13.2. The lowest BCUT2D eigenvalue weighted by atomic mass is 9.71. The van der Waals surface area contributed by atoms with Crippen molar-refractivity contribution in [3.8, 4) is 23.1 Å². The van der Waals surface area contributed by atoms with Gasteiger partial charge in [0.15, 0.2) is 0 Å². The number of pyridine rings is 1. The van der Waals surface area contributed by atoms with E-state index in [9.17, 15) is 4.79 Å². The summed E-state index contributed by atoms with van der Waals surface area (Å²) in [6.45, 7) is 9.06. The summed E-state index contributed by atoms with van der Waals surface area (Å²) in [5.41, 5.74) is 3.85. The first kappa shape index (κ1) is 27.3. The number of nitrogens with zero attached hydrogens (tertiary/aromatic N) is 4. The number of aromatic nitrogens is 1. The molecule has 2 aliphatic heterocycles. The van der Waals surface area contributed by atoms with E-state index in [0.29, 0.717) is 35.0 Å². The minimum Gasteiger partial charge on any atom is -0.495 e. The Bertz CT molecular complexity index is 1510. The Hall–Kier alpha value is -3.93. The predicted molar refractivity (Wildman–Crippen MR) is 162 cm³/mol. The second-order valence-corrected chi connectivity index (χ2v) is 12.1. The van der Waals surface area contributed by atoms with Gasteiger partial charge in [0.2, 0.25) is 0 Å². The summed E-state index contributed by atoms with van der Waals surface area (Å²) >= 11 is 0. The van der Waals surface area contributed by atoms with Gasteiger partial charge in [-0.2, -0.15) is 5.26 Å². The number of carbonyl (C=O) groups excluding carboxylic acids is 1. The number of ether oxygens (including phenoxy) is 1. The molecule has 0 radical (unpaired) electrons. The normalized spacial score (nSPS) is 21.9. The van der Waals surface area contributed by atoms with E-state index in [4.69, 9.17) is 15.0 Å². The number of methoxy groups -OCH3 is 1. The van der Waals surface area contributed by atoms with E-state index in [1.54, 1.807) is 13.2 Å². The highest BCUT2D eigenvalue weighted by Gasteiger charge is 2.51. The standard InChI is InChI=1S/C33H38N6O2/c1-22(16-34)17-35-31-27-15-24(8-7-23(27)9-14-30(31)41-3)28-5-4-6-29(37-28)32(40)36-25-10-12-26(13-11-25)39-20-33(21-39)18-38(2)19-33/h4-9,14-15,25-26,35H,1,10-13,17-21H2,2-3H3,(H,36,40). The molecule has 8 nitrogen and oxygen atoms in total. The highest BCUT2D eigenvalue weighted by Crippen LogP contribution is 2.42. The van der Waals surface area contributed by atoms with Gasteiger partial charge in [-0.1, -0.05) is 30.8 Å². The third kappa shape index (κ3) is 5.52. The van der Waals surface area contributed by atoms with Crippen LogP contribution in [0.3, 0.4) is 0 Å². The lowest BCUT2D eigenvalue weighted by Gasteiger charge is -2.62. The molecule has 3 fully saturated rings. The van der Waals surface area contributed by atoms with Crippen molar-refractivity contribution < 1.29 is 9.53 Å². The quantitative estimate of drug-likeness (QED) is 0.393. The Morgan fingerprint density at radius 2 is 1.88 bits per heavy atom. The SMILES string of the molecule is C=C(C#N)CNc1c(OC)ccc2ccc(-c3cccc(C(=O)NC4CCC(N5CC6(CN(C)C6)C5)CC4)n3)cc12. The lowest BCUT2D eigenvalue weighted by Crippen LogP contribution is -2.72. The number of rotatable bonds is 8. The summed E-state index contributed by atoms with van der Waals surface area (Å²) < 4.78 is 5.59. The van der Waals surface area contributed by atoms with E-state index in [1.807, 2.05) is 42.5 Å². The first-order valence-electron chi connectivity index (χ1n) is 14.5. The second kappa shape index (κ2) is 11.2. The van der Waals surface area contributed by atoms with Gasteiger partial charge in [-0.25, -0.2) is 4.98 Å². The zero-order valence-electron chi connectivity index (χ0n) is 23.9. The molecule has 3 heterocycles. The fourth-order valence-electron chi connectivity index (χ4n) is 6.98. The van der Waals surface area contributed by atoms with Crippen LogP contribution in [0.25, 0.3) is 22.0 Å². The number of hydrogen-bond donors (Lipinski definition) is 2.